The topological polar surface area (TPSA) is 25.8 Å². The van der Waals surface area contributed by atoms with Crippen molar-refractivity contribution < 1.29 is 0 Å². The molecule has 0 aliphatic heterocycles. The summed E-state index contributed by atoms with van der Waals surface area (Å²) in [6.07, 6.45) is 4.22. The van der Waals surface area contributed by atoms with Crippen LogP contribution in [0.25, 0.3) is 10.8 Å². The SMILES string of the molecule is CC(C)C1(C)CCc2cccc3cnnc1c23. The fourth-order valence-corrected chi connectivity index (χ4v) is 2.90. The predicted molar refractivity (Wildman–Crippen MR) is 70.0 cm³/mol. The highest BCUT2D eigenvalue weighted by Gasteiger charge is 2.37. The van der Waals surface area contributed by atoms with Gasteiger partial charge in [-0.2, -0.15) is 10.2 Å². The molecule has 0 fully saturated rings. The smallest absolute Gasteiger partial charge is 0.0773 e. The standard InChI is InChI=1S/C15H18N2/c1-10(2)15(3)8-7-11-5-4-6-12-9-16-17-14(15)13(11)12/h4-6,9-10H,7-8H2,1-3H3. The van der Waals surface area contributed by atoms with Crippen LogP contribution in [0.5, 0.6) is 0 Å². The molecule has 1 atom stereocenters. The van der Waals surface area contributed by atoms with E-state index in [9.17, 15) is 0 Å². The van der Waals surface area contributed by atoms with E-state index < -0.39 is 0 Å². The van der Waals surface area contributed by atoms with Gasteiger partial charge in [-0.25, -0.2) is 0 Å². The van der Waals surface area contributed by atoms with E-state index in [0.29, 0.717) is 5.92 Å². The lowest BCUT2D eigenvalue weighted by atomic mass is 9.67. The summed E-state index contributed by atoms with van der Waals surface area (Å²) in [5, 5.41) is 11.2. The Kier molecular flexibility index (Phi) is 2.22. The summed E-state index contributed by atoms with van der Waals surface area (Å²) in [4.78, 5) is 0. The number of nitrogens with zero attached hydrogens (tertiary/aromatic N) is 2. The van der Waals surface area contributed by atoms with Gasteiger partial charge in [0.1, 0.15) is 0 Å². The average Bonchev–Trinajstić information content (AvgIpc) is 2.34. The molecule has 2 aromatic rings. The van der Waals surface area contributed by atoms with E-state index in [1.807, 2.05) is 6.20 Å². The van der Waals surface area contributed by atoms with Crippen LogP contribution in [0.1, 0.15) is 38.4 Å². The molecular weight excluding hydrogens is 208 g/mol. The summed E-state index contributed by atoms with van der Waals surface area (Å²) in [6.45, 7) is 6.90. The number of aryl methyl sites for hydroxylation is 1. The minimum absolute atomic E-state index is 0.168. The molecule has 1 aliphatic rings. The van der Waals surface area contributed by atoms with E-state index in [-0.39, 0.29) is 5.41 Å². The first-order valence-electron chi connectivity index (χ1n) is 6.36. The third kappa shape index (κ3) is 1.40. The van der Waals surface area contributed by atoms with Crippen LogP contribution in [-0.4, -0.2) is 10.2 Å². The van der Waals surface area contributed by atoms with E-state index in [1.165, 1.54) is 28.5 Å². The van der Waals surface area contributed by atoms with Crippen LogP contribution >= 0.6 is 0 Å². The molecule has 0 N–H and O–H groups in total. The van der Waals surface area contributed by atoms with Crippen LogP contribution in [0.15, 0.2) is 24.4 Å². The molecule has 2 nitrogen and oxygen atoms in total. The lowest BCUT2D eigenvalue weighted by Crippen LogP contribution is -2.33. The summed E-state index contributed by atoms with van der Waals surface area (Å²) >= 11 is 0. The summed E-state index contributed by atoms with van der Waals surface area (Å²) in [5.41, 5.74) is 2.80. The van der Waals surface area contributed by atoms with Crippen molar-refractivity contribution in [2.45, 2.75) is 39.0 Å². The lowest BCUT2D eigenvalue weighted by molar-refractivity contribution is 0.300. The van der Waals surface area contributed by atoms with Gasteiger partial charge < -0.3 is 0 Å². The lowest BCUT2D eigenvalue weighted by Gasteiger charge is -2.37. The monoisotopic (exact) mass is 226 g/mol. The molecule has 17 heavy (non-hydrogen) atoms. The van der Waals surface area contributed by atoms with Crippen molar-refractivity contribution in [3.63, 3.8) is 0 Å². The Bertz CT molecular complexity index is 569. The molecular formula is C15H18N2. The number of hydrogen-bond donors (Lipinski definition) is 0. The van der Waals surface area contributed by atoms with Crippen molar-refractivity contribution >= 4 is 10.8 Å². The Morgan fingerprint density at radius 2 is 2.12 bits per heavy atom. The van der Waals surface area contributed by atoms with E-state index in [1.54, 1.807) is 0 Å². The van der Waals surface area contributed by atoms with Crippen LogP contribution in [0.2, 0.25) is 0 Å². The second-order valence-electron chi connectivity index (χ2n) is 5.65. The zero-order valence-corrected chi connectivity index (χ0v) is 10.7. The first-order chi connectivity index (χ1) is 8.13. The van der Waals surface area contributed by atoms with E-state index in [4.69, 9.17) is 0 Å². The molecule has 88 valence electrons. The minimum Gasteiger partial charge on any atom is -0.158 e. The zero-order valence-electron chi connectivity index (χ0n) is 10.7. The molecule has 0 bridgehead atoms. The van der Waals surface area contributed by atoms with Gasteiger partial charge in [0.2, 0.25) is 0 Å². The van der Waals surface area contributed by atoms with Crippen molar-refractivity contribution in [2.24, 2.45) is 5.92 Å². The molecule has 1 unspecified atom stereocenters. The number of aromatic nitrogens is 2. The molecule has 2 heteroatoms. The molecule has 1 aromatic heterocycles. The fourth-order valence-electron chi connectivity index (χ4n) is 2.90. The molecule has 0 radical (unpaired) electrons. The summed E-state index contributed by atoms with van der Waals surface area (Å²) in [6, 6.07) is 6.50. The molecule has 1 heterocycles. The van der Waals surface area contributed by atoms with Gasteiger partial charge in [0, 0.05) is 16.2 Å². The van der Waals surface area contributed by atoms with Gasteiger partial charge >= 0.3 is 0 Å². The van der Waals surface area contributed by atoms with Crippen LogP contribution in [0.3, 0.4) is 0 Å². The maximum Gasteiger partial charge on any atom is 0.0773 e. The quantitative estimate of drug-likeness (QED) is 0.744. The Labute approximate surface area is 102 Å². The molecule has 0 saturated heterocycles. The summed E-state index contributed by atoms with van der Waals surface area (Å²) in [5.74, 6) is 0.593. The summed E-state index contributed by atoms with van der Waals surface area (Å²) < 4.78 is 0. The van der Waals surface area contributed by atoms with E-state index >= 15 is 0 Å². The van der Waals surface area contributed by atoms with Gasteiger partial charge in [-0.3, -0.25) is 0 Å². The second kappa shape index (κ2) is 3.52. The fraction of sp³-hybridized carbons (Fsp3) is 0.467. The number of rotatable bonds is 1. The summed E-state index contributed by atoms with van der Waals surface area (Å²) in [7, 11) is 0. The van der Waals surface area contributed by atoms with Crippen molar-refractivity contribution in [1.82, 2.24) is 10.2 Å². The Morgan fingerprint density at radius 1 is 1.29 bits per heavy atom. The van der Waals surface area contributed by atoms with Crippen LogP contribution in [0.4, 0.5) is 0 Å². The van der Waals surface area contributed by atoms with Crippen LogP contribution < -0.4 is 0 Å². The maximum atomic E-state index is 4.46. The van der Waals surface area contributed by atoms with Gasteiger partial charge in [0.15, 0.2) is 0 Å². The third-order valence-corrected chi connectivity index (χ3v) is 4.50. The van der Waals surface area contributed by atoms with Gasteiger partial charge in [-0.1, -0.05) is 39.0 Å². The molecule has 1 aliphatic carbocycles. The van der Waals surface area contributed by atoms with Crippen molar-refractivity contribution in [3.05, 3.63) is 35.7 Å². The first kappa shape index (κ1) is 10.7. The van der Waals surface area contributed by atoms with Gasteiger partial charge in [-0.05, 0) is 24.3 Å². The van der Waals surface area contributed by atoms with Crippen molar-refractivity contribution in [1.29, 1.82) is 0 Å². The van der Waals surface area contributed by atoms with Gasteiger partial charge in [-0.15, -0.1) is 0 Å². The van der Waals surface area contributed by atoms with Crippen molar-refractivity contribution in [3.8, 4) is 0 Å². The Morgan fingerprint density at radius 3 is 2.88 bits per heavy atom. The normalized spacial score (nSPS) is 23.3. The minimum atomic E-state index is 0.168. The molecule has 0 spiro atoms. The first-order valence-corrected chi connectivity index (χ1v) is 6.36. The Hall–Kier alpha value is -1.44. The zero-order chi connectivity index (χ0) is 12.0. The third-order valence-electron chi connectivity index (χ3n) is 4.50. The van der Waals surface area contributed by atoms with E-state index in [2.05, 4.69) is 49.2 Å². The maximum absolute atomic E-state index is 4.46. The highest BCUT2D eigenvalue weighted by molar-refractivity contribution is 5.88. The molecule has 0 saturated carbocycles. The second-order valence-corrected chi connectivity index (χ2v) is 5.65. The highest BCUT2D eigenvalue weighted by Crippen LogP contribution is 2.43. The molecule has 1 aromatic carbocycles. The number of benzene rings is 1. The largest absolute Gasteiger partial charge is 0.158 e. The highest BCUT2D eigenvalue weighted by atomic mass is 15.1. The van der Waals surface area contributed by atoms with Crippen molar-refractivity contribution in [2.75, 3.05) is 0 Å². The van der Waals surface area contributed by atoms with Crippen LogP contribution in [-0.2, 0) is 11.8 Å². The molecule has 3 rings (SSSR count). The number of hydrogen-bond acceptors (Lipinski definition) is 2. The molecule has 0 amide bonds. The van der Waals surface area contributed by atoms with E-state index in [0.717, 1.165) is 6.42 Å². The average molecular weight is 226 g/mol. The Balaban J connectivity index is 2.37. The van der Waals surface area contributed by atoms with Gasteiger partial charge in [0.05, 0.1) is 11.9 Å². The predicted octanol–water partition coefficient (Wildman–Crippen LogP) is 3.49. The van der Waals surface area contributed by atoms with Gasteiger partial charge in [0.25, 0.3) is 0 Å². The van der Waals surface area contributed by atoms with Crippen LogP contribution in [0, 0.1) is 5.92 Å².